The van der Waals surface area contributed by atoms with Crippen molar-refractivity contribution >= 4 is 0 Å². The number of phenolic OH excluding ortho intramolecular Hbond substituents is 1. The lowest BCUT2D eigenvalue weighted by Gasteiger charge is -2.14. The van der Waals surface area contributed by atoms with Gasteiger partial charge in [-0.15, -0.1) is 0 Å². The van der Waals surface area contributed by atoms with Crippen molar-refractivity contribution in [3.8, 4) is 23.0 Å². The molecular weight excluding hydrogens is 328 g/mol. The summed E-state index contributed by atoms with van der Waals surface area (Å²) in [6.45, 7) is 0. The van der Waals surface area contributed by atoms with Gasteiger partial charge in [-0.2, -0.15) is 0 Å². The van der Waals surface area contributed by atoms with E-state index in [0.717, 1.165) is 17.7 Å². The number of ether oxygens (including phenoxy) is 2. The number of rotatable bonds is 7. The first kappa shape index (κ1) is 17.8. The molecule has 0 aliphatic rings. The maximum absolute atomic E-state index is 10.4. The van der Waals surface area contributed by atoms with Crippen LogP contribution in [0.25, 0.3) is 0 Å². The van der Waals surface area contributed by atoms with Crippen LogP contribution in [0.2, 0.25) is 0 Å². The topological polar surface area (TPSA) is 58.9 Å². The number of hydrogen-bond donors (Lipinski definition) is 2. The van der Waals surface area contributed by atoms with Crippen molar-refractivity contribution in [3.63, 3.8) is 0 Å². The van der Waals surface area contributed by atoms with Gasteiger partial charge >= 0.3 is 0 Å². The molecule has 0 fully saturated rings. The first-order chi connectivity index (χ1) is 12.7. The molecule has 0 aromatic heterocycles. The summed E-state index contributed by atoms with van der Waals surface area (Å²) >= 11 is 0. The number of aliphatic hydroxyl groups is 1. The maximum atomic E-state index is 10.4. The second-order valence-corrected chi connectivity index (χ2v) is 6.04. The van der Waals surface area contributed by atoms with Crippen LogP contribution in [-0.2, 0) is 6.42 Å². The number of para-hydroxylation sites is 1. The SMILES string of the molecule is COc1ccc(CCC(O)c2ccc(Oc3ccccc3)c(O)c2)cc1. The zero-order valence-electron chi connectivity index (χ0n) is 14.6. The van der Waals surface area contributed by atoms with Crippen molar-refractivity contribution < 1.29 is 19.7 Å². The molecule has 0 aliphatic carbocycles. The standard InChI is InChI=1S/C22H22O4/c1-25-18-11-7-16(8-12-18)9-13-20(23)17-10-14-22(21(24)15-17)26-19-5-3-2-4-6-19/h2-8,10-12,14-15,20,23-24H,9,13H2,1H3. The fraction of sp³-hybridized carbons (Fsp3) is 0.182. The minimum Gasteiger partial charge on any atom is -0.504 e. The fourth-order valence-corrected chi connectivity index (χ4v) is 2.71. The van der Waals surface area contributed by atoms with Crippen LogP contribution in [0.5, 0.6) is 23.0 Å². The molecule has 1 atom stereocenters. The van der Waals surface area contributed by atoms with E-state index in [4.69, 9.17) is 9.47 Å². The van der Waals surface area contributed by atoms with E-state index in [-0.39, 0.29) is 5.75 Å². The molecule has 0 bridgehead atoms. The molecule has 1 unspecified atom stereocenters. The molecule has 0 amide bonds. The van der Waals surface area contributed by atoms with Crippen molar-refractivity contribution in [2.45, 2.75) is 18.9 Å². The Balaban J connectivity index is 1.62. The van der Waals surface area contributed by atoms with E-state index in [0.29, 0.717) is 23.5 Å². The second-order valence-electron chi connectivity index (χ2n) is 6.04. The fourth-order valence-electron chi connectivity index (χ4n) is 2.71. The van der Waals surface area contributed by atoms with Crippen molar-refractivity contribution in [3.05, 3.63) is 83.9 Å². The van der Waals surface area contributed by atoms with Crippen molar-refractivity contribution in [2.24, 2.45) is 0 Å². The molecule has 3 rings (SSSR count). The van der Waals surface area contributed by atoms with Gasteiger partial charge in [-0.3, -0.25) is 0 Å². The van der Waals surface area contributed by atoms with Gasteiger partial charge in [0.25, 0.3) is 0 Å². The Labute approximate surface area is 153 Å². The van der Waals surface area contributed by atoms with Gasteiger partial charge < -0.3 is 19.7 Å². The van der Waals surface area contributed by atoms with Gasteiger partial charge in [0.05, 0.1) is 13.2 Å². The Morgan fingerprint density at radius 3 is 2.27 bits per heavy atom. The third kappa shape index (κ3) is 4.55. The van der Waals surface area contributed by atoms with Gasteiger partial charge in [0.1, 0.15) is 11.5 Å². The molecule has 3 aromatic carbocycles. The Morgan fingerprint density at radius 1 is 0.885 bits per heavy atom. The lowest BCUT2D eigenvalue weighted by atomic mass is 10.0. The highest BCUT2D eigenvalue weighted by Gasteiger charge is 2.12. The third-order valence-corrected chi connectivity index (χ3v) is 4.20. The summed E-state index contributed by atoms with van der Waals surface area (Å²) in [6.07, 6.45) is 0.632. The average molecular weight is 350 g/mol. The lowest BCUT2D eigenvalue weighted by molar-refractivity contribution is 0.167. The first-order valence-corrected chi connectivity index (χ1v) is 8.52. The van der Waals surface area contributed by atoms with Crippen LogP contribution in [0.3, 0.4) is 0 Å². The molecule has 0 heterocycles. The lowest BCUT2D eigenvalue weighted by Crippen LogP contribution is -2.00. The van der Waals surface area contributed by atoms with Crippen LogP contribution in [-0.4, -0.2) is 17.3 Å². The zero-order chi connectivity index (χ0) is 18.4. The summed E-state index contributed by atoms with van der Waals surface area (Å²) in [5.41, 5.74) is 1.79. The average Bonchev–Trinajstić information content (AvgIpc) is 2.69. The molecule has 0 saturated heterocycles. The van der Waals surface area contributed by atoms with Gasteiger partial charge in [-0.1, -0.05) is 36.4 Å². The quantitative estimate of drug-likeness (QED) is 0.639. The maximum Gasteiger partial charge on any atom is 0.169 e. The molecule has 0 spiro atoms. The smallest absolute Gasteiger partial charge is 0.169 e. The predicted molar refractivity (Wildman–Crippen MR) is 101 cm³/mol. The van der Waals surface area contributed by atoms with E-state index in [1.54, 1.807) is 25.3 Å². The number of benzene rings is 3. The van der Waals surface area contributed by atoms with Gasteiger partial charge in [0.2, 0.25) is 0 Å². The van der Waals surface area contributed by atoms with Gasteiger partial charge in [-0.05, 0) is 60.4 Å². The Hall–Kier alpha value is -2.98. The summed E-state index contributed by atoms with van der Waals surface area (Å²) in [5.74, 6) is 1.83. The number of phenols is 1. The normalized spacial score (nSPS) is 11.8. The second kappa shape index (κ2) is 8.41. The van der Waals surface area contributed by atoms with E-state index in [9.17, 15) is 10.2 Å². The van der Waals surface area contributed by atoms with Crippen LogP contribution in [0.1, 0.15) is 23.7 Å². The molecule has 0 aliphatic heterocycles. The Bertz CT molecular complexity index is 829. The molecule has 4 heteroatoms. The number of aromatic hydroxyl groups is 1. The number of hydrogen-bond acceptors (Lipinski definition) is 4. The number of aliphatic hydroxyl groups excluding tert-OH is 1. The van der Waals surface area contributed by atoms with Crippen LogP contribution in [0.15, 0.2) is 72.8 Å². The first-order valence-electron chi connectivity index (χ1n) is 8.52. The minimum absolute atomic E-state index is 0.00912. The number of aryl methyl sites for hydroxylation is 1. The van der Waals surface area contributed by atoms with Crippen LogP contribution >= 0.6 is 0 Å². The third-order valence-electron chi connectivity index (χ3n) is 4.20. The van der Waals surface area contributed by atoms with E-state index in [1.165, 1.54) is 0 Å². The molecule has 26 heavy (non-hydrogen) atoms. The van der Waals surface area contributed by atoms with E-state index >= 15 is 0 Å². The van der Waals surface area contributed by atoms with Gasteiger partial charge in [0.15, 0.2) is 11.5 Å². The van der Waals surface area contributed by atoms with Crippen LogP contribution < -0.4 is 9.47 Å². The van der Waals surface area contributed by atoms with E-state index in [1.807, 2.05) is 54.6 Å². The summed E-state index contributed by atoms with van der Waals surface area (Å²) in [6, 6.07) is 22.0. The molecule has 2 N–H and O–H groups in total. The van der Waals surface area contributed by atoms with Crippen molar-refractivity contribution in [1.82, 2.24) is 0 Å². The highest BCUT2D eigenvalue weighted by atomic mass is 16.5. The predicted octanol–water partition coefficient (Wildman–Crippen LogP) is 4.86. The molecule has 0 saturated carbocycles. The highest BCUT2D eigenvalue weighted by molar-refractivity contribution is 5.45. The monoisotopic (exact) mass is 350 g/mol. The molecule has 134 valence electrons. The summed E-state index contributed by atoms with van der Waals surface area (Å²) in [7, 11) is 1.64. The van der Waals surface area contributed by atoms with Crippen LogP contribution in [0.4, 0.5) is 0 Å². The van der Waals surface area contributed by atoms with Gasteiger partial charge in [0, 0.05) is 0 Å². The summed E-state index contributed by atoms with van der Waals surface area (Å²) < 4.78 is 10.8. The van der Waals surface area contributed by atoms with E-state index in [2.05, 4.69) is 0 Å². The molecule has 4 nitrogen and oxygen atoms in total. The van der Waals surface area contributed by atoms with Crippen molar-refractivity contribution in [1.29, 1.82) is 0 Å². The van der Waals surface area contributed by atoms with Gasteiger partial charge in [-0.25, -0.2) is 0 Å². The highest BCUT2D eigenvalue weighted by Crippen LogP contribution is 2.33. The Kier molecular flexibility index (Phi) is 5.77. The number of methoxy groups -OCH3 is 1. The molecular formula is C22H22O4. The molecule has 3 aromatic rings. The molecule has 0 radical (unpaired) electrons. The Morgan fingerprint density at radius 2 is 1.62 bits per heavy atom. The van der Waals surface area contributed by atoms with Crippen molar-refractivity contribution in [2.75, 3.05) is 7.11 Å². The zero-order valence-corrected chi connectivity index (χ0v) is 14.6. The van der Waals surface area contributed by atoms with Crippen LogP contribution in [0, 0.1) is 0 Å². The summed E-state index contributed by atoms with van der Waals surface area (Å²) in [4.78, 5) is 0. The summed E-state index contributed by atoms with van der Waals surface area (Å²) in [5, 5.41) is 20.6. The largest absolute Gasteiger partial charge is 0.504 e. The minimum atomic E-state index is -0.659. The van der Waals surface area contributed by atoms with E-state index < -0.39 is 6.10 Å².